The first kappa shape index (κ1) is 21.6. The van der Waals surface area contributed by atoms with Crippen LogP contribution in [0.5, 0.6) is 0 Å². The summed E-state index contributed by atoms with van der Waals surface area (Å²) in [6.45, 7) is 2.94. The molecule has 0 saturated carbocycles. The molecule has 0 aliphatic rings. The summed E-state index contributed by atoms with van der Waals surface area (Å²) < 4.78 is 10.7. The van der Waals surface area contributed by atoms with E-state index >= 15 is 0 Å². The number of hydrogen-bond acceptors (Lipinski definition) is 6. The number of thiazole rings is 1. The maximum Gasteiger partial charge on any atom is 0.271 e. The fourth-order valence-corrected chi connectivity index (χ4v) is 3.97. The number of rotatable bonds is 9. The Morgan fingerprint density at radius 2 is 1.72 bits per heavy atom. The van der Waals surface area contributed by atoms with Crippen LogP contribution in [0.4, 0.5) is 0 Å². The Bertz CT molecular complexity index is 1150. The van der Waals surface area contributed by atoms with Gasteiger partial charge < -0.3 is 19.1 Å². The van der Waals surface area contributed by atoms with Gasteiger partial charge in [-0.1, -0.05) is 19.1 Å². The number of furan rings is 2. The molecule has 4 aromatic rings. The van der Waals surface area contributed by atoms with Crippen LogP contribution >= 0.6 is 11.3 Å². The lowest BCUT2D eigenvalue weighted by molar-refractivity contribution is 0.0717. The normalized spacial score (nSPS) is 10.8. The second-order valence-electron chi connectivity index (χ2n) is 7.18. The van der Waals surface area contributed by atoms with E-state index in [2.05, 4.69) is 17.2 Å². The quantitative estimate of drug-likeness (QED) is 0.401. The molecule has 0 radical (unpaired) electrons. The van der Waals surface area contributed by atoms with Crippen LogP contribution in [0.1, 0.15) is 49.9 Å². The van der Waals surface area contributed by atoms with Gasteiger partial charge in [-0.2, -0.15) is 0 Å². The molecule has 0 fully saturated rings. The highest BCUT2D eigenvalue weighted by Gasteiger charge is 2.20. The summed E-state index contributed by atoms with van der Waals surface area (Å²) in [5, 5.41) is 5.14. The maximum atomic E-state index is 13.2. The van der Waals surface area contributed by atoms with Crippen molar-refractivity contribution < 1.29 is 18.4 Å². The third kappa shape index (κ3) is 5.33. The van der Waals surface area contributed by atoms with Gasteiger partial charge in [0.1, 0.15) is 22.2 Å². The molecule has 4 rings (SSSR count). The van der Waals surface area contributed by atoms with E-state index < -0.39 is 0 Å². The molecule has 164 valence electrons. The van der Waals surface area contributed by atoms with E-state index in [1.807, 2.05) is 30.3 Å². The zero-order valence-corrected chi connectivity index (χ0v) is 18.4. The molecule has 0 atom stereocenters. The first-order valence-electron chi connectivity index (χ1n) is 10.3. The van der Waals surface area contributed by atoms with Crippen LogP contribution in [0, 0.1) is 0 Å². The number of hydrogen-bond donors (Lipinski definition) is 1. The molecule has 0 saturated heterocycles. The van der Waals surface area contributed by atoms with Gasteiger partial charge in [0.15, 0.2) is 0 Å². The minimum Gasteiger partial charge on any atom is -0.467 e. The van der Waals surface area contributed by atoms with E-state index in [0.717, 1.165) is 6.42 Å². The molecular weight excluding hydrogens is 426 g/mol. The average Bonchev–Trinajstić information content (AvgIpc) is 3.60. The Labute approximate surface area is 189 Å². The second-order valence-corrected chi connectivity index (χ2v) is 8.12. The largest absolute Gasteiger partial charge is 0.467 e. The van der Waals surface area contributed by atoms with Gasteiger partial charge in [-0.05, 0) is 48.4 Å². The number of amides is 2. The lowest BCUT2D eigenvalue weighted by atomic mass is 10.1. The molecule has 0 bridgehead atoms. The minimum absolute atomic E-state index is 0.122. The van der Waals surface area contributed by atoms with E-state index in [1.165, 1.54) is 16.9 Å². The van der Waals surface area contributed by atoms with Crippen molar-refractivity contribution in [3.05, 3.63) is 99.8 Å². The summed E-state index contributed by atoms with van der Waals surface area (Å²) in [5.41, 5.74) is 2.08. The van der Waals surface area contributed by atoms with Crippen LogP contribution in [0.3, 0.4) is 0 Å². The fourth-order valence-electron chi connectivity index (χ4n) is 3.18. The van der Waals surface area contributed by atoms with E-state index in [-0.39, 0.29) is 24.9 Å². The Balaban J connectivity index is 1.47. The van der Waals surface area contributed by atoms with E-state index in [0.29, 0.717) is 34.3 Å². The van der Waals surface area contributed by atoms with Crippen molar-refractivity contribution in [2.24, 2.45) is 0 Å². The lowest BCUT2D eigenvalue weighted by Gasteiger charge is -2.21. The number of carbonyl (C=O) groups is 2. The number of carbonyl (C=O) groups excluding carboxylic acids is 2. The van der Waals surface area contributed by atoms with Crippen molar-refractivity contribution >= 4 is 23.2 Å². The Kier molecular flexibility index (Phi) is 6.81. The maximum absolute atomic E-state index is 13.2. The van der Waals surface area contributed by atoms with Crippen molar-refractivity contribution in [1.29, 1.82) is 0 Å². The lowest BCUT2D eigenvalue weighted by Crippen LogP contribution is -2.30. The van der Waals surface area contributed by atoms with Gasteiger partial charge in [-0.25, -0.2) is 4.98 Å². The predicted octanol–water partition coefficient (Wildman–Crippen LogP) is 4.66. The predicted molar refractivity (Wildman–Crippen MR) is 120 cm³/mol. The Morgan fingerprint density at radius 3 is 2.38 bits per heavy atom. The standard InChI is InChI=1S/C24H23N3O4S/c1-2-17-7-9-18(10-8-17)24(29)27(14-20-6-4-12-31-20)15-22-26-21(16-32-22)23(28)25-13-19-5-3-11-30-19/h3-12,16H,2,13-15H2,1H3,(H,25,28). The summed E-state index contributed by atoms with van der Waals surface area (Å²) in [6.07, 6.45) is 4.05. The number of aromatic nitrogens is 1. The molecule has 0 aliphatic carbocycles. The molecule has 8 heteroatoms. The molecule has 1 N–H and O–H groups in total. The van der Waals surface area contributed by atoms with Gasteiger partial charge in [0.05, 0.1) is 32.2 Å². The zero-order valence-electron chi connectivity index (χ0n) is 17.6. The topological polar surface area (TPSA) is 88.6 Å². The summed E-state index contributed by atoms with van der Waals surface area (Å²) in [5.74, 6) is 0.931. The van der Waals surface area contributed by atoms with Crippen LogP contribution in [0.15, 0.2) is 75.3 Å². The number of nitrogens with one attached hydrogen (secondary N) is 1. The van der Waals surface area contributed by atoms with Crippen molar-refractivity contribution in [2.45, 2.75) is 33.0 Å². The smallest absolute Gasteiger partial charge is 0.271 e. The van der Waals surface area contributed by atoms with E-state index in [4.69, 9.17) is 8.83 Å². The van der Waals surface area contributed by atoms with Crippen molar-refractivity contribution in [1.82, 2.24) is 15.2 Å². The van der Waals surface area contributed by atoms with Crippen LogP contribution < -0.4 is 5.32 Å². The molecular formula is C24H23N3O4S. The summed E-state index contributed by atoms with van der Waals surface area (Å²) in [6, 6.07) is 14.8. The number of benzene rings is 1. The highest BCUT2D eigenvalue weighted by molar-refractivity contribution is 7.09. The second kappa shape index (κ2) is 10.1. The third-order valence-electron chi connectivity index (χ3n) is 4.94. The summed E-state index contributed by atoms with van der Waals surface area (Å²) in [7, 11) is 0. The van der Waals surface area contributed by atoms with E-state index in [9.17, 15) is 9.59 Å². The van der Waals surface area contributed by atoms with Crippen molar-refractivity contribution in [3.8, 4) is 0 Å². The molecule has 2 amide bonds. The average molecular weight is 450 g/mol. The molecule has 32 heavy (non-hydrogen) atoms. The van der Waals surface area contributed by atoms with Crippen molar-refractivity contribution in [2.75, 3.05) is 0 Å². The molecule has 3 aromatic heterocycles. The Hall–Kier alpha value is -3.65. The summed E-state index contributed by atoms with van der Waals surface area (Å²) in [4.78, 5) is 31.7. The van der Waals surface area contributed by atoms with Gasteiger partial charge in [0.25, 0.3) is 11.8 Å². The Morgan fingerprint density at radius 1 is 1.00 bits per heavy atom. The molecule has 0 aliphatic heterocycles. The highest BCUT2D eigenvalue weighted by atomic mass is 32.1. The minimum atomic E-state index is -0.289. The van der Waals surface area contributed by atoms with Crippen LogP contribution in [0.25, 0.3) is 0 Å². The van der Waals surface area contributed by atoms with Gasteiger partial charge in [-0.3, -0.25) is 9.59 Å². The van der Waals surface area contributed by atoms with Crippen LogP contribution in [-0.2, 0) is 26.1 Å². The zero-order chi connectivity index (χ0) is 22.3. The number of nitrogens with zero attached hydrogens (tertiary/aromatic N) is 2. The van der Waals surface area contributed by atoms with E-state index in [1.54, 1.807) is 41.0 Å². The van der Waals surface area contributed by atoms with Crippen LogP contribution in [0.2, 0.25) is 0 Å². The number of aryl methyl sites for hydroxylation is 1. The molecule has 0 spiro atoms. The highest BCUT2D eigenvalue weighted by Crippen LogP contribution is 2.18. The molecule has 1 aromatic carbocycles. The molecule has 3 heterocycles. The van der Waals surface area contributed by atoms with Crippen LogP contribution in [-0.4, -0.2) is 21.7 Å². The summed E-state index contributed by atoms with van der Waals surface area (Å²) >= 11 is 1.34. The fraction of sp³-hybridized carbons (Fsp3) is 0.208. The monoisotopic (exact) mass is 449 g/mol. The first-order chi connectivity index (χ1) is 15.6. The van der Waals surface area contributed by atoms with Gasteiger partial charge >= 0.3 is 0 Å². The van der Waals surface area contributed by atoms with Crippen molar-refractivity contribution in [3.63, 3.8) is 0 Å². The molecule has 7 nitrogen and oxygen atoms in total. The first-order valence-corrected chi connectivity index (χ1v) is 11.2. The SMILES string of the molecule is CCc1ccc(C(=O)N(Cc2ccco2)Cc2nc(C(=O)NCc3ccco3)cs2)cc1. The third-order valence-corrected chi connectivity index (χ3v) is 5.77. The van der Waals surface area contributed by atoms with Gasteiger partial charge in [0.2, 0.25) is 0 Å². The molecule has 0 unspecified atom stereocenters. The van der Waals surface area contributed by atoms with Gasteiger partial charge in [-0.15, -0.1) is 11.3 Å². The van der Waals surface area contributed by atoms with Gasteiger partial charge in [0, 0.05) is 10.9 Å².